The molecule has 116 valence electrons. The molecule has 0 fully saturated rings. The second-order valence-corrected chi connectivity index (χ2v) is 4.16. The summed E-state index contributed by atoms with van der Waals surface area (Å²) in [4.78, 5) is 22.6. The van der Waals surface area contributed by atoms with Crippen molar-refractivity contribution in [2.24, 2.45) is 5.92 Å². The number of hydrogen-bond acceptors (Lipinski definition) is 4. The molecule has 0 heterocycles. The Balaban J connectivity index is 2.95. The largest absolute Gasteiger partial charge is 0.493 e. The van der Waals surface area contributed by atoms with Crippen LogP contribution < -0.4 is 14.8 Å². The summed E-state index contributed by atoms with van der Waals surface area (Å²) in [6.45, 7) is -1.85. The Morgan fingerprint density at radius 2 is 2.05 bits per heavy atom. The molecule has 0 aliphatic rings. The molecule has 21 heavy (non-hydrogen) atoms. The van der Waals surface area contributed by atoms with E-state index in [1.807, 2.05) is 0 Å². The van der Waals surface area contributed by atoms with Gasteiger partial charge < -0.3 is 19.9 Å². The van der Waals surface area contributed by atoms with Crippen molar-refractivity contribution in [1.29, 1.82) is 0 Å². The number of carbonyl (C=O) groups excluding carboxylic acids is 1. The third-order valence-electron chi connectivity index (χ3n) is 2.64. The quantitative estimate of drug-likeness (QED) is 0.801. The molecule has 0 aromatic heterocycles. The van der Waals surface area contributed by atoms with Gasteiger partial charge in [-0.2, -0.15) is 8.78 Å². The van der Waals surface area contributed by atoms with Crippen LogP contribution in [0.5, 0.6) is 11.5 Å². The molecular weight excluding hydrogens is 288 g/mol. The molecule has 1 atom stereocenters. The highest BCUT2D eigenvalue weighted by Crippen LogP contribution is 2.32. The Hall–Kier alpha value is -2.38. The van der Waals surface area contributed by atoms with Crippen LogP contribution in [0.3, 0.4) is 0 Å². The fourth-order valence-electron chi connectivity index (χ4n) is 1.49. The minimum absolute atomic E-state index is 0.0192. The summed E-state index contributed by atoms with van der Waals surface area (Å²) in [5, 5.41) is 11.1. The molecule has 0 radical (unpaired) electrons. The average Bonchev–Trinajstić information content (AvgIpc) is 2.43. The molecule has 0 spiro atoms. The van der Waals surface area contributed by atoms with Gasteiger partial charge in [0.1, 0.15) is 0 Å². The summed E-state index contributed by atoms with van der Waals surface area (Å²) in [5.74, 6) is -3.02. The first-order valence-electron chi connectivity index (χ1n) is 5.99. The van der Waals surface area contributed by atoms with E-state index in [4.69, 9.17) is 9.84 Å². The van der Waals surface area contributed by atoms with Crippen LogP contribution >= 0.6 is 0 Å². The molecule has 0 aliphatic carbocycles. The Kier molecular flexibility index (Phi) is 5.89. The van der Waals surface area contributed by atoms with Crippen molar-refractivity contribution < 1.29 is 33.0 Å². The molecule has 0 bridgehead atoms. The highest BCUT2D eigenvalue weighted by Gasteiger charge is 2.21. The van der Waals surface area contributed by atoms with Gasteiger partial charge in [0, 0.05) is 6.54 Å². The Bertz CT molecular complexity index is 521. The first-order chi connectivity index (χ1) is 9.86. The van der Waals surface area contributed by atoms with Crippen molar-refractivity contribution in [3.05, 3.63) is 23.8 Å². The fraction of sp³-hybridized carbons (Fsp3) is 0.385. The van der Waals surface area contributed by atoms with Crippen LogP contribution in [0.1, 0.15) is 17.3 Å². The molecule has 1 amide bonds. The van der Waals surface area contributed by atoms with Gasteiger partial charge in [-0.15, -0.1) is 0 Å². The zero-order valence-corrected chi connectivity index (χ0v) is 11.4. The van der Waals surface area contributed by atoms with Crippen LogP contribution in [0, 0.1) is 5.92 Å². The second kappa shape index (κ2) is 7.41. The second-order valence-electron chi connectivity index (χ2n) is 4.16. The summed E-state index contributed by atoms with van der Waals surface area (Å²) in [7, 11) is 1.25. The van der Waals surface area contributed by atoms with E-state index >= 15 is 0 Å². The molecule has 0 aliphatic heterocycles. The van der Waals surface area contributed by atoms with Crippen LogP contribution in [0.25, 0.3) is 0 Å². The molecule has 0 saturated carbocycles. The number of halogens is 2. The number of nitrogens with one attached hydrogen (secondary N) is 1. The minimum atomic E-state index is -3.12. The maximum atomic E-state index is 12.4. The van der Waals surface area contributed by atoms with Crippen molar-refractivity contribution >= 4 is 11.9 Å². The Labute approximate surface area is 119 Å². The molecule has 6 nitrogen and oxygen atoms in total. The lowest BCUT2D eigenvalue weighted by molar-refractivity contribution is -0.140. The number of carboxylic acids is 1. The monoisotopic (exact) mass is 303 g/mol. The number of para-hydroxylation sites is 1. The van der Waals surface area contributed by atoms with Crippen LogP contribution in [0.15, 0.2) is 18.2 Å². The van der Waals surface area contributed by atoms with Crippen LogP contribution in [0.4, 0.5) is 8.78 Å². The van der Waals surface area contributed by atoms with Crippen molar-refractivity contribution in [2.45, 2.75) is 13.5 Å². The van der Waals surface area contributed by atoms with Crippen LogP contribution in [-0.2, 0) is 4.79 Å². The minimum Gasteiger partial charge on any atom is -0.493 e. The van der Waals surface area contributed by atoms with E-state index in [0.29, 0.717) is 0 Å². The molecule has 1 aromatic carbocycles. The predicted molar refractivity (Wildman–Crippen MR) is 68.8 cm³/mol. The highest BCUT2D eigenvalue weighted by atomic mass is 19.3. The number of methoxy groups -OCH3 is 1. The van der Waals surface area contributed by atoms with Gasteiger partial charge in [0.25, 0.3) is 5.91 Å². The zero-order chi connectivity index (χ0) is 16.0. The molecule has 0 saturated heterocycles. The molecule has 1 unspecified atom stereocenters. The van der Waals surface area contributed by atoms with Crippen molar-refractivity contribution in [2.75, 3.05) is 13.7 Å². The van der Waals surface area contributed by atoms with Crippen LogP contribution in [-0.4, -0.2) is 37.2 Å². The number of carboxylic acid groups (broad SMARTS) is 1. The van der Waals surface area contributed by atoms with Gasteiger partial charge in [0.15, 0.2) is 11.5 Å². The van der Waals surface area contributed by atoms with Gasteiger partial charge in [0.05, 0.1) is 18.6 Å². The van der Waals surface area contributed by atoms with Gasteiger partial charge in [-0.1, -0.05) is 13.0 Å². The molecule has 2 N–H and O–H groups in total. The number of carbonyl (C=O) groups is 2. The lowest BCUT2D eigenvalue weighted by atomic mass is 10.1. The normalized spacial score (nSPS) is 11.9. The van der Waals surface area contributed by atoms with Gasteiger partial charge >= 0.3 is 12.6 Å². The predicted octanol–water partition coefficient (Wildman–Crippen LogP) is 1.75. The van der Waals surface area contributed by atoms with Gasteiger partial charge in [-0.05, 0) is 12.1 Å². The van der Waals surface area contributed by atoms with Gasteiger partial charge in [-0.25, -0.2) is 0 Å². The van der Waals surface area contributed by atoms with E-state index in [0.717, 1.165) is 0 Å². The van der Waals surface area contributed by atoms with Gasteiger partial charge in [0.2, 0.25) is 0 Å². The highest BCUT2D eigenvalue weighted by molar-refractivity contribution is 5.98. The fourth-order valence-corrected chi connectivity index (χ4v) is 1.49. The standard InChI is InChI=1S/C13H15F2NO5/c1-7(12(18)19)6-16-11(17)8-4-3-5-9(20-2)10(8)21-13(14)15/h3-5,7,13H,6H2,1-2H3,(H,16,17)(H,18,19). The van der Waals surface area contributed by atoms with E-state index in [-0.39, 0.29) is 17.9 Å². The number of ether oxygens (including phenoxy) is 2. The zero-order valence-electron chi connectivity index (χ0n) is 11.4. The van der Waals surface area contributed by atoms with E-state index in [1.165, 1.54) is 32.2 Å². The summed E-state index contributed by atoms with van der Waals surface area (Å²) in [6.07, 6.45) is 0. The molecule has 8 heteroatoms. The number of benzene rings is 1. The summed E-state index contributed by atoms with van der Waals surface area (Å²) in [6, 6.07) is 4.09. The lowest BCUT2D eigenvalue weighted by Gasteiger charge is -2.15. The topological polar surface area (TPSA) is 84.9 Å². The first-order valence-corrected chi connectivity index (χ1v) is 5.99. The average molecular weight is 303 g/mol. The summed E-state index contributed by atoms with van der Waals surface area (Å²) in [5.41, 5.74) is -0.160. The number of rotatable bonds is 7. The van der Waals surface area contributed by atoms with E-state index in [2.05, 4.69) is 10.1 Å². The SMILES string of the molecule is COc1cccc(C(=O)NCC(C)C(=O)O)c1OC(F)F. The third kappa shape index (κ3) is 4.59. The van der Waals surface area contributed by atoms with E-state index in [1.54, 1.807) is 0 Å². The molecular formula is C13H15F2NO5. The summed E-state index contributed by atoms with van der Waals surface area (Å²) >= 11 is 0. The molecule has 1 rings (SSSR count). The smallest absolute Gasteiger partial charge is 0.387 e. The van der Waals surface area contributed by atoms with Crippen molar-refractivity contribution in [3.63, 3.8) is 0 Å². The number of aliphatic carboxylic acids is 1. The first kappa shape index (κ1) is 16.7. The van der Waals surface area contributed by atoms with E-state index in [9.17, 15) is 18.4 Å². The number of amides is 1. The van der Waals surface area contributed by atoms with Gasteiger partial charge in [-0.3, -0.25) is 9.59 Å². The molecule has 1 aromatic rings. The van der Waals surface area contributed by atoms with E-state index < -0.39 is 30.2 Å². The summed E-state index contributed by atoms with van der Waals surface area (Å²) < 4.78 is 34.0. The Morgan fingerprint density at radius 1 is 1.38 bits per heavy atom. The van der Waals surface area contributed by atoms with Crippen molar-refractivity contribution in [3.8, 4) is 11.5 Å². The third-order valence-corrected chi connectivity index (χ3v) is 2.64. The lowest BCUT2D eigenvalue weighted by Crippen LogP contribution is -2.31. The number of alkyl halides is 2. The van der Waals surface area contributed by atoms with Crippen molar-refractivity contribution in [1.82, 2.24) is 5.32 Å². The maximum absolute atomic E-state index is 12.4. The number of hydrogen-bond donors (Lipinski definition) is 2. The maximum Gasteiger partial charge on any atom is 0.387 e. The Morgan fingerprint density at radius 3 is 2.57 bits per heavy atom. The van der Waals surface area contributed by atoms with Crippen LogP contribution in [0.2, 0.25) is 0 Å².